The zero-order valence-electron chi connectivity index (χ0n) is 22.2. The minimum Gasteiger partial charge on any atom is -0.493 e. The van der Waals surface area contributed by atoms with Gasteiger partial charge in [0.25, 0.3) is 5.91 Å². The first kappa shape index (κ1) is 30.6. The standard InChI is InChI=1S/C32H27BrF3NO5/c33-23-15-16-28(41-18-6-17-32(34,35)36)26(20-23)30(38)37-27(31(39)40)19-21-11-13-22(14-12-21)25-9-4-5-10-29(25)42-24-7-2-1-3-8-24/h1-5,7-16,20,27H,6,17-19H2,(H,37,38)(H,39,40)/t27-/m0/s1. The first-order valence-electron chi connectivity index (χ1n) is 13.0. The molecule has 0 spiro atoms. The zero-order valence-corrected chi connectivity index (χ0v) is 23.8. The van der Waals surface area contributed by atoms with E-state index in [1.165, 1.54) is 12.1 Å². The second-order valence-corrected chi connectivity index (χ2v) is 10.3. The highest BCUT2D eigenvalue weighted by Gasteiger charge is 2.27. The van der Waals surface area contributed by atoms with Crippen LogP contribution in [0, 0.1) is 0 Å². The molecule has 0 aromatic heterocycles. The Morgan fingerprint density at radius 1 is 0.881 bits per heavy atom. The largest absolute Gasteiger partial charge is 0.493 e. The van der Waals surface area contributed by atoms with Crippen LogP contribution in [0.1, 0.15) is 28.8 Å². The molecule has 4 aromatic carbocycles. The minimum atomic E-state index is -4.31. The van der Waals surface area contributed by atoms with Gasteiger partial charge in [-0.1, -0.05) is 76.6 Å². The van der Waals surface area contributed by atoms with E-state index in [2.05, 4.69) is 21.2 Å². The molecule has 0 fully saturated rings. The number of ether oxygens (including phenoxy) is 2. The molecule has 0 aliphatic heterocycles. The van der Waals surface area contributed by atoms with Crippen molar-refractivity contribution in [1.82, 2.24) is 5.32 Å². The Bertz CT molecular complexity index is 1510. The molecule has 1 amide bonds. The molecule has 0 radical (unpaired) electrons. The predicted octanol–water partition coefficient (Wildman–Crippen LogP) is 8.06. The summed E-state index contributed by atoms with van der Waals surface area (Å²) in [4.78, 5) is 25.1. The molecule has 0 saturated carbocycles. The summed E-state index contributed by atoms with van der Waals surface area (Å²) in [6, 6.07) is 27.4. The van der Waals surface area contributed by atoms with Crippen molar-refractivity contribution in [2.45, 2.75) is 31.5 Å². The topological polar surface area (TPSA) is 84.9 Å². The Balaban J connectivity index is 1.45. The molecular weight excluding hydrogens is 615 g/mol. The van der Waals surface area contributed by atoms with Crippen molar-refractivity contribution in [1.29, 1.82) is 0 Å². The molecule has 2 N–H and O–H groups in total. The number of carboxylic acid groups (broad SMARTS) is 1. The fourth-order valence-electron chi connectivity index (χ4n) is 4.16. The van der Waals surface area contributed by atoms with E-state index in [4.69, 9.17) is 9.47 Å². The molecule has 0 unspecified atom stereocenters. The van der Waals surface area contributed by atoms with Crippen LogP contribution in [0.5, 0.6) is 17.2 Å². The van der Waals surface area contributed by atoms with Crippen LogP contribution in [0.15, 0.2) is 102 Å². The monoisotopic (exact) mass is 641 g/mol. The lowest BCUT2D eigenvalue weighted by Gasteiger charge is -2.17. The number of para-hydroxylation sites is 2. The summed E-state index contributed by atoms with van der Waals surface area (Å²) in [5.74, 6) is -0.544. The number of carbonyl (C=O) groups is 2. The van der Waals surface area contributed by atoms with Gasteiger partial charge in [-0.25, -0.2) is 4.79 Å². The average molecular weight is 642 g/mol. The van der Waals surface area contributed by atoms with Crippen LogP contribution < -0.4 is 14.8 Å². The molecule has 1 atom stereocenters. The van der Waals surface area contributed by atoms with Crippen molar-refractivity contribution in [3.05, 3.63) is 113 Å². The summed E-state index contributed by atoms with van der Waals surface area (Å²) in [6.07, 6.45) is -5.61. The van der Waals surface area contributed by atoms with Gasteiger partial charge in [-0.15, -0.1) is 0 Å². The number of amides is 1. The quantitative estimate of drug-likeness (QED) is 0.153. The molecule has 10 heteroatoms. The van der Waals surface area contributed by atoms with Gasteiger partial charge in [0.2, 0.25) is 0 Å². The first-order chi connectivity index (χ1) is 20.1. The maximum absolute atomic E-state index is 13.1. The molecule has 0 bridgehead atoms. The second kappa shape index (κ2) is 14.0. The van der Waals surface area contributed by atoms with Gasteiger partial charge < -0.3 is 19.9 Å². The van der Waals surface area contributed by atoms with Crippen molar-refractivity contribution in [2.24, 2.45) is 0 Å². The minimum absolute atomic E-state index is 0.000703. The number of hydrogen-bond donors (Lipinski definition) is 2. The smallest absolute Gasteiger partial charge is 0.389 e. The molecule has 0 saturated heterocycles. The third kappa shape index (κ3) is 8.84. The normalized spacial score (nSPS) is 11.9. The Morgan fingerprint density at radius 3 is 2.26 bits per heavy atom. The third-order valence-corrected chi connectivity index (χ3v) is 6.71. The summed E-state index contributed by atoms with van der Waals surface area (Å²) in [7, 11) is 0. The number of rotatable bonds is 12. The van der Waals surface area contributed by atoms with Crippen molar-refractivity contribution >= 4 is 27.8 Å². The Hall–Kier alpha value is -4.31. The van der Waals surface area contributed by atoms with Crippen LogP contribution in [0.2, 0.25) is 0 Å². The molecule has 4 aromatic rings. The summed E-state index contributed by atoms with van der Waals surface area (Å²) in [5.41, 5.74) is 2.40. The van der Waals surface area contributed by atoms with Crippen LogP contribution >= 0.6 is 15.9 Å². The van der Waals surface area contributed by atoms with Crippen molar-refractivity contribution in [3.8, 4) is 28.4 Å². The van der Waals surface area contributed by atoms with E-state index in [0.717, 1.165) is 11.1 Å². The lowest BCUT2D eigenvalue weighted by Crippen LogP contribution is -2.42. The van der Waals surface area contributed by atoms with Crippen molar-refractivity contribution in [2.75, 3.05) is 6.61 Å². The SMILES string of the molecule is O=C(N[C@@H](Cc1ccc(-c2ccccc2Oc2ccccc2)cc1)C(=O)O)c1cc(Br)ccc1OCCCC(F)(F)F. The highest BCUT2D eigenvalue weighted by molar-refractivity contribution is 9.10. The lowest BCUT2D eigenvalue weighted by molar-refractivity contribution is -0.139. The van der Waals surface area contributed by atoms with E-state index < -0.39 is 30.5 Å². The van der Waals surface area contributed by atoms with Crippen LogP contribution in [-0.2, 0) is 11.2 Å². The number of hydrogen-bond acceptors (Lipinski definition) is 4. The van der Waals surface area contributed by atoms with E-state index in [1.54, 1.807) is 18.2 Å². The van der Waals surface area contributed by atoms with Crippen LogP contribution in [0.3, 0.4) is 0 Å². The highest BCUT2D eigenvalue weighted by Crippen LogP contribution is 2.33. The maximum Gasteiger partial charge on any atom is 0.389 e. The molecular formula is C32H27BrF3NO5. The van der Waals surface area contributed by atoms with E-state index in [1.807, 2.05) is 66.7 Å². The molecule has 0 heterocycles. The van der Waals surface area contributed by atoms with E-state index >= 15 is 0 Å². The summed E-state index contributed by atoms with van der Waals surface area (Å²) in [5, 5.41) is 12.3. The highest BCUT2D eigenvalue weighted by atomic mass is 79.9. The molecule has 0 aliphatic carbocycles. The van der Waals surface area contributed by atoms with Gasteiger partial charge in [0.05, 0.1) is 12.2 Å². The maximum atomic E-state index is 13.1. The van der Waals surface area contributed by atoms with Crippen LogP contribution in [0.4, 0.5) is 13.2 Å². The van der Waals surface area contributed by atoms with Gasteiger partial charge in [0, 0.05) is 22.9 Å². The zero-order chi connectivity index (χ0) is 30.1. The number of aliphatic carboxylic acids is 1. The number of carbonyl (C=O) groups excluding carboxylic acids is 1. The van der Waals surface area contributed by atoms with Gasteiger partial charge in [0.15, 0.2) is 0 Å². The van der Waals surface area contributed by atoms with Crippen LogP contribution in [0.25, 0.3) is 11.1 Å². The summed E-state index contributed by atoms with van der Waals surface area (Å²) in [6.45, 7) is -0.254. The summed E-state index contributed by atoms with van der Waals surface area (Å²) >= 11 is 3.26. The van der Waals surface area contributed by atoms with Crippen molar-refractivity contribution in [3.63, 3.8) is 0 Å². The van der Waals surface area contributed by atoms with Gasteiger partial charge in [-0.3, -0.25) is 4.79 Å². The predicted molar refractivity (Wildman–Crippen MR) is 156 cm³/mol. The number of nitrogens with one attached hydrogen (secondary N) is 1. The van der Waals surface area contributed by atoms with Gasteiger partial charge in [-0.2, -0.15) is 13.2 Å². The van der Waals surface area contributed by atoms with Gasteiger partial charge in [-0.05, 0) is 53.9 Å². The third-order valence-electron chi connectivity index (χ3n) is 6.21. The lowest BCUT2D eigenvalue weighted by atomic mass is 9.99. The number of halogens is 4. The number of carboxylic acids is 1. The average Bonchev–Trinajstić information content (AvgIpc) is 2.96. The Labute approximate surface area is 249 Å². The Morgan fingerprint density at radius 2 is 1.57 bits per heavy atom. The fourth-order valence-corrected chi connectivity index (χ4v) is 4.52. The molecule has 4 rings (SSSR count). The molecule has 6 nitrogen and oxygen atoms in total. The number of alkyl halides is 3. The van der Waals surface area contributed by atoms with Gasteiger partial charge >= 0.3 is 12.1 Å². The second-order valence-electron chi connectivity index (χ2n) is 9.38. The van der Waals surface area contributed by atoms with E-state index in [9.17, 15) is 27.9 Å². The number of benzene rings is 4. The molecule has 42 heavy (non-hydrogen) atoms. The van der Waals surface area contributed by atoms with Gasteiger partial charge in [0.1, 0.15) is 23.3 Å². The fraction of sp³-hybridized carbons (Fsp3) is 0.188. The molecule has 218 valence electrons. The van der Waals surface area contributed by atoms with E-state index in [-0.39, 0.29) is 30.8 Å². The van der Waals surface area contributed by atoms with Crippen LogP contribution in [-0.4, -0.2) is 35.8 Å². The van der Waals surface area contributed by atoms with E-state index in [0.29, 0.717) is 21.5 Å². The molecule has 0 aliphatic rings. The first-order valence-corrected chi connectivity index (χ1v) is 13.8. The summed E-state index contributed by atoms with van der Waals surface area (Å²) < 4.78 is 49.4. The Kier molecular flexibility index (Phi) is 10.2. The van der Waals surface area contributed by atoms with Crippen molar-refractivity contribution < 1.29 is 37.3 Å².